The van der Waals surface area contributed by atoms with Crippen molar-refractivity contribution in [3.8, 4) is 0 Å². The van der Waals surface area contributed by atoms with E-state index in [0.717, 1.165) is 11.3 Å². The van der Waals surface area contributed by atoms with Gasteiger partial charge in [0.2, 0.25) is 5.91 Å². The molecular formula is C31H44N4O6. The number of Topliss-reactive ketones (excluding diaryl/α,β-unsaturated/α-hetero) is 1. The van der Waals surface area contributed by atoms with Gasteiger partial charge in [0.05, 0.1) is 12.1 Å². The molecule has 10 heteroatoms. The summed E-state index contributed by atoms with van der Waals surface area (Å²) in [5.41, 5.74) is 2.25. The Kier molecular flexibility index (Phi) is 14.5. The standard InChI is InChI=1S/C31H44N4O6/c1-22(2)19-27(28(37)10-6-5-7-18-35-29(38)15-16-30(35)39)34-26(9-8-17-32-23(3)4)31(40)33-25-13-11-24(12-14-25)20-41-21-36/h11-16,21-22,26-27,32,34H,3,5-10,17-20H2,1-2,4H3,(H,33,40)/t26-,27?/m0/s1. The second-order valence-corrected chi connectivity index (χ2v) is 10.8. The van der Waals surface area contributed by atoms with Gasteiger partial charge in [0.1, 0.15) is 12.4 Å². The van der Waals surface area contributed by atoms with Crippen molar-refractivity contribution in [1.29, 1.82) is 0 Å². The molecule has 1 aromatic rings. The highest BCUT2D eigenvalue weighted by molar-refractivity contribution is 6.12. The minimum Gasteiger partial charge on any atom is -0.463 e. The van der Waals surface area contributed by atoms with Gasteiger partial charge in [-0.15, -0.1) is 0 Å². The molecule has 3 N–H and O–H groups in total. The number of rotatable bonds is 21. The van der Waals surface area contributed by atoms with Crippen molar-refractivity contribution in [2.45, 2.75) is 84.4 Å². The largest absolute Gasteiger partial charge is 0.463 e. The third-order valence-electron chi connectivity index (χ3n) is 6.66. The molecule has 0 bridgehead atoms. The van der Waals surface area contributed by atoms with Crippen LogP contribution in [-0.2, 0) is 35.3 Å². The van der Waals surface area contributed by atoms with E-state index >= 15 is 0 Å². The predicted molar refractivity (Wildman–Crippen MR) is 157 cm³/mol. The molecule has 0 spiro atoms. The maximum Gasteiger partial charge on any atom is 0.293 e. The number of hydrogen-bond acceptors (Lipinski definition) is 8. The molecule has 1 aliphatic rings. The van der Waals surface area contributed by atoms with Crippen molar-refractivity contribution < 1.29 is 28.7 Å². The Labute approximate surface area is 243 Å². The Morgan fingerprint density at radius 3 is 2.29 bits per heavy atom. The van der Waals surface area contributed by atoms with Crippen molar-refractivity contribution in [2.75, 3.05) is 18.4 Å². The first-order valence-corrected chi connectivity index (χ1v) is 14.3. The molecule has 0 radical (unpaired) electrons. The summed E-state index contributed by atoms with van der Waals surface area (Å²) in [4.78, 5) is 61.7. The number of nitrogens with zero attached hydrogens (tertiary/aromatic N) is 1. The van der Waals surface area contributed by atoms with Crippen molar-refractivity contribution in [2.24, 2.45) is 5.92 Å². The smallest absolute Gasteiger partial charge is 0.293 e. The monoisotopic (exact) mass is 568 g/mol. The topological polar surface area (TPSA) is 134 Å². The van der Waals surface area contributed by atoms with Crippen LogP contribution in [0, 0.1) is 5.92 Å². The van der Waals surface area contributed by atoms with Crippen LogP contribution >= 0.6 is 0 Å². The molecule has 1 unspecified atom stereocenters. The Morgan fingerprint density at radius 2 is 1.68 bits per heavy atom. The van der Waals surface area contributed by atoms with Crippen LogP contribution in [0.3, 0.4) is 0 Å². The summed E-state index contributed by atoms with van der Waals surface area (Å²) in [6.45, 7) is 11.4. The summed E-state index contributed by atoms with van der Waals surface area (Å²) in [5, 5.41) is 9.47. The second-order valence-electron chi connectivity index (χ2n) is 10.8. The molecule has 224 valence electrons. The lowest BCUT2D eigenvalue weighted by atomic mass is 9.95. The summed E-state index contributed by atoms with van der Waals surface area (Å²) in [6, 6.07) is 5.97. The van der Waals surface area contributed by atoms with E-state index in [1.54, 1.807) is 24.3 Å². The molecule has 3 amide bonds. The van der Waals surface area contributed by atoms with Gasteiger partial charge in [-0.2, -0.15) is 0 Å². The summed E-state index contributed by atoms with van der Waals surface area (Å²) in [5.74, 6) is -0.528. The van der Waals surface area contributed by atoms with E-state index in [1.165, 1.54) is 17.1 Å². The van der Waals surface area contributed by atoms with Crippen LogP contribution in [0.15, 0.2) is 48.7 Å². The minimum absolute atomic E-state index is 0.0473. The molecule has 10 nitrogen and oxygen atoms in total. The van der Waals surface area contributed by atoms with E-state index in [9.17, 15) is 24.0 Å². The molecule has 0 saturated heterocycles. The van der Waals surface area contributed by atoms with Gasteiger partial charge in [0, 0.05) is 43.0 Å². The highest BCUT2D eigenvalue weighted by Gasteiger charge is 2.27. The number of unbranched alkanes of at least 4 members (excludes halogenated alkanes) is 2. The van der Waals surface area contributed by atoms with Crippen molar-refractivity contribution in [1.82, 2.24) is 15.5 Å². The van der Waals surface area contributed by atoms with Crippen LogP contribution in [0.1, 0.15) is 71.3 Å². The quantitative estimate of drug-likeness (QED) is 0.116. The molecule has 2 atom stereocenters. The predicted octanol–water partition coefficient (Wildman–Crippen LogP) is 3.63. The summed E-state index contributed by atoms with van der Waals surface area (Å²) in [7, 11) is 0. The van der Waals surface area contributed by atoms with Crippen LogP contribution in [0.4, 0.5) is 5.69 Å². The van der Waals surface area contributed by atoms with Crippen LogP contribution in [0.2, 0.25) is 0 Å². The summed E-state index contributed by atoms with van der Waals surface area (Å²) >= 11 is 0. The summed E-state index contributed by atoms with van der Waals surface area (Å²) < 4.78 is 4.77. The molecule has 1 aliphatic heterocycles. The first-order valence-electron chi connectivity index (χ1n) is 14.3. The van der Waals surface area contributed by atoms with E-state index in [2.05, 4.69) is 22.5 Å². The minimum atomic E-state index is -0.590. The van der Waals surface area contributed by atoms with Crippen LogP contribution in [0.5, 0.6) is 0 Å². The van der Waals surface area contributed by atoms with E-state index in [0.29, 0.717) is 70.2 Å². The number of carbonyl (C=O) groups excluding carboxylic acids is 5. The Morgan fingerprint density at radius 1 is 1.00 bits per heavy atom. The lowest BCUT2D eigenvalue weighted by molar-refractivity contribution is -0.137. The lowest BCUT2D eigenvalue weighted by Gasteiger charge is -2.26. The highest BCUT2D eigenvalue weighted by atomic mass is 16.5. The molecule has 0 aliphatic carbocycles. The number of anilines is 1. The van der Waals surface area contributed by atoms with E-state index in [-0.39, 0.29) is 36.0 Å². The van der Waals surface area contributed by atoms with Crippen molar-refractivity contribution >= 4 is 35.7 Å². The maximum atomic E-state index is 13.4. The first-order chi connectivity index (χ1) is 19.6. The van der Waals surface area contributed by atoms with E-state index < -0.39 is 12.1 Å². The SMILES string of the molecule is C=C(C)NCCC[C@H](NC(CC(C)C)C(=O)CCCCCN1C(=O)C=CC1=O)C(=O)Nc1ccc(COC=O)cc1. The number of ketones is 1. The zero-order valence-electron chi connectivity index (χ0n) is 24.4. The summed E-state index contributed by atoms with van der Waals surface area (Å²) in [6.07, 6.45) is 6.69. The van der Waals surface area contributed by atoms with E-state index in [1.807, 2.05) is 20.8 Å². The second kappa shape index (κ2) is 17.8. The van der Waals surface area contributed by atoms with Gasteiger partial charge in [0.15, 0.2) is 0 Å². The van der Waals surface area contributed by atoms with Gasteiger partial charge >= 0.3 is 0 Å². The normalized spacial score (nSPS) is 14.2. The zero-order valence-corrected chi connectivity index (χ0v) is 24.4. The number of ether oxygens (including phenoxy) is 1. The van der Waals surface area contributed by atoms with E-state index in [4.69, 9.17) is 4.74 Å². The Balaban J connectivity index is 1.99. The van der Waals surface area contributed by atoms with Gasteiger partial charge in [-0.05, 0) is 62.6 Å². The third-order valence-corrected chi connectivity index (χ3v) is 6.66. The maximum absolute atomic E-state index is 13.4. The average Bonchev–Trinajstić information content (AvgIpc) is 3.25. The number of benzene rings is 1. The molecule has 0 saturated carbocycles. The lowest BCUT2D eigenvalue weighted by Crippen LogP contribution is -2.49. The van der Waals surface area contributed by atoms with Crippen molar-refractivity contribution in [3.63, 3.8) is 0 Å². The van der Waals surface area contributed by atoms with Gasteiger partial charge in [-0.1, -0.05) is 39.0 Å². The zero-order chi connectivity index (χ0) is 30.2. The van der Waals surface area contributed by atoms with Crippen molar-refractivity contribution in [3.05, 3.63) is 54.3 Å². The van der Waals surface area contributed by atoms with Crippen LogP contribution in [-0.4, -0.2) is 60.1 Å². The number of nitrogens with one attached hydrogen (secondary N) is 3. The molecule has 0 fully saturated rings. The third kappa shape index (κ3) is 12.5. The van der Waals surface area contributed by atoms with Crippen LogP contribution in [0.25, 0.3) is 0 Å². The molecule has 41 heavy (non-hydrogen) atoms. The first kappa shape index (κ1) is 33.4. The molecule has 1 aromatic carbocycles. The van der Waals surface area contributed by atoms with Gasteiger partial charge in [-0.25, -0.2) is 0 Å². The number of carbonyl (C=O) groups is 5. The fraction of sp³-hybridized carbons (Fsp3) is 0.516. The van der Waals surface area contributed by atoms with Crippen LogP contribution < -0.4 is 16.0 Å². The number of hydrogen-bond donors (Lipinski definition) is 3. The number of imide groups is 1. The van der Waals surface area contributed by atoms with Gasteiger partial charge in [-0.3, -0.25) is 34.2 Å². The molecule has 0 aromatic heterocycles. The Bertz CT molecular complexity index is 1060. The molecule has 2 rings (SSSR count). The molecular weight excluding hydrogens is 524 g/mol. The van der Waals surface area contributed by atoms with Gasteiger partial charge < -0.3 is 15.4 Å². The Hall–Kier alpha value is -3.79. The number of allylic oxidation sites excluding steroid dienone is 1. The van der Waals surface area contributed by atoms with Gasteiger partial charge in [0.25, 0.3) is 18.3 Å². The fourth-order valence-corrected chi connectivity index (χ4v) is 4.52. The highest BCUT2D eigenvalue weighted by Crippen LogP contribution is 2.16. The molecule has 1 heterocycles. The number of amides is 3. The fourth-order valence-electron chi connectivity index (χ4n) is 4.52. The average molecular weight is 569 g/mol.